The molecule has 12 nitrogen and oxygen atoms in total. The van der Waals surface area contributed by atoms with Crippen molar-refractivity contribution in [2.45, 2.75) is 25.0 Å². The first-order valence-electron chi connectivity index (χ1n) is 6.02. The number of guanidine groups is 1. The molecule has 23 heavy (non-hydrogen) atoms. The third-order valence-corrected chi connectivity index (χ3v) is 1.90. The summed E-state index contributed by atoms with van der Waals surface area (Å²) < 4.78 is 13.6. The van der Waals surface area contributed by atoms with Gasteiger partial charge in [0.05, 0.1) is 6.61 Å². The smallest absolute Gasteiger partial charge is 1.00 e. The van der Waals surface area contributed by atoms with E-state index in [0.29, 0.717) is 19.4 Å². The normalized spacial score (nSPS) is 12.8. The van der Waals surface area contributed by atoms with E-state index in [9.17, 15) is 4.79 Å². The Labute approximate surface area is 165 Å². The minimum atomic E-state index is -4.64. The zero-order chi connectivity index (χ0) is 17.8. The Morgan fingerprint density at radius 2 is 1.78 bits per heavy atom. The van der Waals surface area contributed by atoms with Crippen LogP contribution in [0.3, 0.4) is 0 Å². The monoisotopic (exact) mass is 388 g/mol. The van der Waals surface area contributed by atoms with Crippen molar-refractivity contribution in [1.82, 2.24) is 0 Å². The van der Waals surface area contributed by atoms with Crippen molar-refractivity contribution in [3.05, 3.63) is 0 Å². The molecule has 0 rings (SSSR count). The van der Waals surface area contributed by atoms with Crippen LogP contribution in [0.2, 0.25) is 0 Å². The Kier molecular flexibility index (Phi) is 18.8. The molecule has 0 amide bonds. The minimum Gasteiger partial charge on any atom is -1.00 e. The number of aliphatic hydroxyl groups is 2. The molecule has 0 aliphatic heterocycles. The van der Waals surface area contributed by atoms with Crippen LogP contribution in [0.1, 0.15) is 15.7 Å². The molecule has 2 atom stereocenters. The van der Waals surface area contributed by atoms with Crippen molar-refractivity contribution in [3.8, 4) is 0 Å². The fraction of sp³-hybridized carbons (Fsp3) is 0.778. The maximum atomic E-state index is 11.3. The molecule has 0 saturated heterocycles. The van der Waals surface area contributed by atoms with Gasteiger partial charge in [-0.05, 0) is 12.8 Å². The molecule has 136 valence electrons. The zero-order valence-corrected chi connectivity index (χ0v) is 15.6. The first-order chi connectivity index (χ1) is 9.97. The molecule has 11 N–H and O–H groups in total. The number of phosphoric acid groups is 1. The number of nitrogens with zero attached hydrogens (tertiary/aromatic N) is 1. The SMILES string of the molecule is NC(N)=NCCC[C@H](N)C(=O)OCC(O)CO.O=P(O)(O)O.[Ca+2].[H-].[H-]. The van der Waals surface area contributed by atoms with Gasteiger partial charge >= 0.3 is 51.5 Å². The van der Waals surface area contributed by atoms with Crippen LogP contribution in [0.15, 0.2) is 4.99 Å². The minimum absolute atomic E-state index is 0. The third kappa shape index (κ3) is 27.2. The van der Waals surface area contributed by atoms with E-state index in [1.54, 1.807) is 0 Å². The van der Waals surface area contributed by atoms with Crippen molar-refractivity contribution in [2.75, 3.05) is 19.8 Å². The largest absolute Gasteiger partial charge is 2.00 e. The Morgan fingerprint density at radius 3 is 2.17 bits per heavy atom. The number of hydrogen-bond acceptors (Lipinski definition) is 7. The Morgan fingerprint density at radius 1 is 1.30 bits per heavy atom. The van der Waals surface area contributed by atoms with Gasteiger partial charge in [0.2, 0.25) is 0 Å². The fourth-order valence-corrected chi connectivity index (χ4v) is 0.975. The van der Waals surface area contributed by atoms with E-state index in [4.69, 9.17) is 46.7 Å². The van der Waals surface area contributed by atoms with Gasteiger partial charge in [0.1, 0.15) is 18.8 Å². The number of carbonyl (C=O) groups excluding carboxylic acids is 1. The fourth-order valence-electron chi connectivity index (χ4n) is 0.975. The van der Waals surface area contributed by atoms with Crippen molar-refractivity contribution in [2.24, 2.45) is 22.2 Å². The second-order valence-electron chi connectivity index (χ2n) is 4.04. The zero-order valence-electron chi connectivity index (χ0n) is 14.5. The van der Waals surface area contributed by atoms with Gasteiger partial charge in [0.15, 0.2) is 5.96 Å². The number of carbonyl (C=O) groups is 1. The number of nitrogens with two attached hydrogens (primary N) is 3. The molecule has 0 fully saturated rings. The summed E-state index contributed by atoms with van der Waals surface area (Å²) >= 11 is 0. The van der Waals surface area contributed by atoms with Gasteiger partial charge in [-0.3, -0.25) is 9.79 Å². The number of ether oxygens (including phenoxy) is 1. The number of aliphatic hydroxyl groups excluding tert-OH is 2. The van der Waals surface area contributed by atoms with Crippen LogP contribution in [0.4, 0.5) is 0 Å². The summed E-state index contributed by atoms with van der Waals surface area (Å²) in [6, 6.07) is -0.782. The van der Waals surface area contributed by atoms with Crippen LogP contribution in [0, 0.1) is 0 Å². The van der Waals surface area contributed by atoms with Crippen LogP contribution in [-0.4, -0.2) is 106 Å². The summed E-state index contributed by atoms with van der Waals surface area (Å²) in [5.41, 5.74) is 15.8. The van der Waals surface area contributed by atoms with Crippen molar-refractivity contribution in [3.63, 3.8) is 0 Å². The molecular formula is C9H25CaN4O8P. The van der Waals surface area contributed by atoms with Gasteiger partial charge < -0.3 is 49.7 Å². The average molecular weight is 388 g/mol. The summed E-state index contributed by atoms with van der Waals surface area (Å²) in [5.74, 6) is -0.630. The van der Waals surface area contributed by atoms with Crippen LogP contribution in [-0.2, 0) is 14.1 Å². The van der Waals surface area contributed by atoms with Crippen molar-refractivity contribution in [1.29, 1.82) is 0 Å². The summed E-state index contributed by atoms with van der Waals surface area (Å²) in [7, 11) is -4.64. The van der Waals surface area contributed by atoms with Crippen LogP contribution in [0.25, 0.3) is 0 Å². The van der Waals surface area contributed by atoms with E-state index in [0.717, 1.165) is 0 Å². The molecule has 14 heteroatoms. The van der Waals surface area contributed by atoms with E-state index in [2.05, 4.69) is 9.73 Å². The van der Waals surface area contributed by atoms with E-state index >= 15 is 0 Å². The summed E-state index contributed by atoms with van der Waals surface area (Å²) in [6.45, 7) is -0.341. The van der Waals surface area contributed by atoms with Gasteiger partial charge in [-0.15, -0.1) is 0 Å². The number of hydrogen-bond donors (Lipinski definition) is 8. The van der Waals surface area contributed by atoms with Gasteiger partial charge in [-0.25, -0.2) is 4.57 Å². The van der Waals surface area contributed by atoms with E-state index in [-0.39, 0.29) is 53.2 Å². The summed E-state index contributed by atoms with van der Waals surface area (Å²) in [5, 5.41) is 17.5. The molecule has 0 aliphatic carbocycles. The molecule has 0 radical (unpaired) electrons. The number of esters is 1. The maximum Gasteiger partial charge on any atom is 2.00 e. The summed E-state index contributed by atoms with van der Waals surface area (Å²) in [6.07, 6.45) is -0.144. The second-order valence-corrected chi connectivity index (χ2v) is 5.06. The molecule has 0 bridgehead atoms. The molecule has 0 heterocycles. The topological polar surface area (TPSA) is 235 Å². The van der Waals surface area contributed by atoms with Crippen LogP contribution >= 0.6 is 7.82 Å². The molecule has 0 saturated carbocycles. The quantitative estimate of drug-likeness (QED) is 0.0500. The van der Waals surface area contributed by atoms with E-state index < -0.39 is 32.5 Å². The molecule has 1 unspecified atom stereocenters. The van der Waals surface area contributed by atoms with Crippen molar-refractivity contribution >= 4 is 57.5 Å². The Balaban J connectivity index is -0.000000147. The molecule has 0 aromatic heterocycles. The number of aliphatic imine (C=N–C) groups is 1. The standard InChI is InChI=1S/C9H20N4O4.Ca.H3O4P.2H/c10-7(2-1-3-13-9(11)12)8(16)17-5-6(15)4-14;;1-5(2,3)4;;/h6-7,14-15H,1-5,10H2,(H4,11,12,13);;(H3,1,2,3,4);;/q;+2;;2*-1/t6?,7-;;;;/m0..../s1. The average Bonchev–Trinajstić information content (AvgIpc) is 2.38. The summed E-state index contributed by atoms with van der Waals surface area (Å²) in [4.78, 5) is 36.6. The second kappa shape index (κ2) is 15.5. The third-order valence-electron chi connectivity index (χ3n) is 1.90. The van der Waals surface area contributed by atoms with Gasteiger partial charge in [-0.1, -0.05) is 0 Å². The number of rotatable bonds is 8. The van der Waals surface area contributed by atoms with Crippen LogP contribution < -0.4 is 17.2 Å². The van der Waals surface area contributed by atoms with E-state index in [1.165, 1.54) is 0 Å². The first-order valence-corrected chi connectivity index (χ1v) is 7.58. The predicted octanol–water partition coefficient (Wildman–Crippen LogP) is -3.82. The molecule has 0 spiro atoms. The van der Waals surface area contributed by atoms with Gasteiger partial charge in [-0.2, -0.15) is 0 Å². The Hall–Kier alpha value is -0.0103. The van der Waals surface area contributed by atoms with E-state index in [1.807, 2.05) is 0 Å². The maximum absolute atomic E-state index is 11.3. The molecule has 0 aromatic rings. The first kappa shape index (κ1) is 27.8. The predicted molar refractivity (Wildman–Crippen MR) is 84.2 cm³/mol. The Bertz CT molecular complexity index is 392. The van der Waals surface area contributed by atoms with Gasteiger partial charge in [0, 0.05) is 6.54 Å². The molecule has 0 aliphatic rings. The molecule has 0 aromatic carbocycles. The molecular weight excluding hydrogens is 363 g/mol. The van der Waals surface area contributed by atoms with Crippen molar-refractivity contribution < 1.29 is 41.8 Å². The van der Waals surface area contributed by atoms with Gasteiger partial charge in [0.25, 0.3) is 0 Å². The van der Waals surface area contributed by atoms with Crippen LogP contribution in [0.5, 0.6) is 0 Å².